The number of pyridine rings is 1. The summed E-state index contributed by atoms with van der Waals surface area (Å²) in [4.78, 5) is 18.8. The van der Waals surface area contributed by atoms with Crippen molar-refractivity contribution in [1.29, 1.82) is 0 Å². The fourth-order valence-corrected chi connectivity index (χ4v) is 2.95. The lowest BCUT2D eigenvalue weighted by Crippen LogP contribution is -2.05. The first-order valence-electron chi connectivity index (χ1n) is 7.50. The molecule has 0 atom stereocenters. The third-order valence-corrected chi connectivity index (χ3v) is 4.77. The van der Waals surface area contributed by atoms with Crippen molar-refractivity contribution in [2.45, 2.75) is 11.4 Å². The molecular formula is C16H15N5O4S. The van der Waals surface area contributed by atoms with E-state index in [-0.39, 0.29) is 16.3 Å². The number of hydrogen-bond acceptors (Lipinski definition) is 7. The summed E-state index contributed by atoms with van der Waals surface area (Å²) in [6, 6.07) is 7.43. The smallest absolute Gasteiger partial charge is 0.293 e. The molecule has 2 aromatic heterocycles. The number of anilines is 1. The van der Waals surface area contributed by atoms with Gasteiger partial charge in [0.05, 0.1) is 9.82 Å². The maximum Gasteiger partial charge on any atom is 0.293 e. The second-order valence-electron chi connectivity index (χ2n) is 5.56. The second-order valence-corrected chi connectivity index (χ2v) is 7.57. The number of nitro benzene ring substituents is 1. The zero-order valence-corrected chi connectivity index (χ0v) is 14.5. The Morgan fingerprint density at radius 3 is 2.65 bits per heavy atom. The van der Waals surface area contributed by atoms with Gasteiger partial charge < -0.3 is 5.32 Å². The van der Waals surface area contributed by atoms with Crippen molar-refractivity contribution < 1.29 is 13.3 Å². The van der Waals surface area contributed by atoms with Gasteiger partial charge in [-0.25, -0.2) is 18.4 Å². The molecule has 0 aliphatic carbocycles. The molecule has 0 bridgehead atoms. The van der Waals surface area contributed by atoms with Gasteiger partial charge >= 0.3 is 0 Å². The maximum atomic E-state index is 11.6. The van der Waals surface area contributed by atoms with Crippen LogP contribution in [0.5, 0.6) is 0 Å². The standard InChI is InChI=1S/C16H15N5O4S/c1-26(24,25)13-3-4-14(15(8-13)21(22)23)18-9-12-2-5-16(19-10-12)20-7-6-17-11-20/h2-8,10-11,18H,9H2,1H3. The van der Waals surface area contributed by atoms with E-state index in [0.717, 1.165) is 17.9 Å². The monoisotopic (exact) mass is 373 g/mol. The molecule has 1 aromatic carbocycles. The minimum absolute atomic E-state index is 0.0962. The van der Waals surface area contributed by atoms with Gasteiger partial charge in [0.25, 0.3) is 5.69 Å². The van der Waals surface area contributed by atoms with Gasteiger partial charge in [0.1, 0.15) is 17.8 Å². The molecule has 134 valence electrons. The number of benzene rings is 1. The Balaban J connectivity index is 1.78. The predicted molar refractivity (Wildman–Crippen MR) is 94.9 cm³/mol. The van der Waals surface area contributed by atoms with Crippen LogP contribution in [0.15, 0.2) is 60.1 Å². The molecule has 9 nitrogen and oxygen atoms in total. The maximum absolute atomic E-state index is 11.6. The van der Waals surface area contributed by atoms with Crippen molar-refractivity contribution in [3.63, 3.8) is 0 Å². The fraction of sp³-hybridized carbons (Fsp3) is 0.125. The molecule has 10 heteroatoms. The van der Waals surface area contributed by atoms with Crippen molar-refractivity contribution in [2.24, 2.45) is 0 Å². The molecule has 0 amide bonds. The number of imidazole rings is 1. The molecule has 2 heterocycles. The SMILES string of the molecule is CS(=O)(=O)c1ccc(NCc2ccc(-n3ccnc3)nc2)c([N+](=O)[O-])c1. The zero-order valence-electron chi connectivity index (χ0n) is 13.7. The Morgan fingerprint density at radius 2 is 2.08 bits per heavy atom. The summed E-state index contributed by atoms with van der Waals surface area (Å²) in [5.74, 6) is 0.703. The van der Waals surface area contributed by atoms with Crippen LogP contribution in [0.3, 0.4) is 0 Å². The highest BCUT2D eigenvalue weighted by Crippen LogP contribution is 2.28. The third-order valence-electron chi connectivity index (χ3n) is 3.66. The van der Waals surface area contributed by atoms with Gasteiger partial charge in [-0.2, -0.15) is 0 Å². The highest BCUT2D eigenvalue weighted by molar-refractivity contribution is 7.90. The molecule has 1 N–H and O–H groups in total. The molecule has 0 aliphatic rings. The van der Waals surface area contributed by atoms with Crippen molar-refractivity contribution in [1.82, 2.24) is 14.5 Å². The summed E-state index contributed by atoms with van der Waals surface area (Å²) in [5.41, 5.74) is 0.757. The number of sulfone groups is 1. The first kappa shape index (κ1) is 17.5. The van der Waals surface area contributed by atoms with Gasteiger partial charge in [-0.05, 0) is 23.8 Å². The van der Waals surface area contributed by atoms with Gasteiger partial charge in [-0.15, -0.1) is 0 Å². The average Bonchev–Trinajstić information content (AvgIpc) is 3.14. The van der Waals surface area contributed by atoms with Crippen molar-refractivity contribution in [2.75, 3.05) is 11.6 Å². The molecule has 0 saturated carbocycles. The minimum Gasteiger partial charge on any atom is -0.375 e. The molecular weight excluding hydrogens is 358 g/mol. The molecule has 3 rings (SSSR count). The van der Waals surface area contributed by atoms with Crippen LogP contribution in [0.1, 0.15) is 5.56 Å². The van der Waals surface area contributed by atoms with E-state index < -0.39 is 14.8 Å². The lowest BCUT2D eigenvalue weighted by molar-refractivity contribution is -0.384. The van der Waals surface area contributed by atoms with Crippen molar-refractivity contribution >= 4 is 21.2 Å². The Bertz CT molecular complexity index is 1030. The van der Waals surface area contributed by atoms with Crippen molar-refractivity contribution in [3.8, 4) is 5.82 Å². The van der Waals surface area contributed by atoms with Crippen LogP contribution in [0.25, 0.3) is 5.82 Å². The topological polar surface area (TPSA) is 120 Å². The van der Waals surface area contributed by atoms with Gasteiger partial charge in [0.15, 0.2) is 9.84 Å². The van der Waals surface area contributed by atoms with Gasteiger partial charge in [-0.1, -0.05) is 6.07 Å². The van der Waals surface area contributed by atoms with Crippen LogP contribution in [0, 0.1) is 10.1 Å². The summed E-state index contributed by atoms with van der Waals surface area (Å²) < 4.78 is 24.9. The zero-order chi connectivity index (χ0) is 18.7. The predicted octanol–water partition coefficient (Wildman–Crippen LogP) is 2.19. The highest BCUT2D eigenvalue weighted by Gasteiger charge is 2.18. The fourth-order valence-electron chi connectivity index (χ4n) is 2.31. The molecule has 0 unspecified atom stereocenters. The first-order chi connectivity index (χ1) is 12.3. The quantitative estimate of drug-likeness (QED) is 0.519. The van der Waals surface area contributed by atoms with Gasteiger partial charge in [-0.3, -0.25) is 14.7 Å². The van der Waals surface area contributed by atoms with E-state index in [1.807, 2.05) is 6.07 Å². The number of rotatable bonds is 6. The summed E-state index contributed by atoms with van der Waals surface area (Å²) in [6.45, 7) is 0.302. The number of nitrogens with one attached hydrogen (secondary N) is 1. The number of nitro groups is 1. The van der Waals surface area contributed by atoms with Crippen LogP contribution in [-0.4, -0.2) is 34.1 Å². The number of nitrogens with zero attached hydrogens (tertiary/aromatic N) is 4. The Hall–Kier alpha value is -3.27. The molecule has 26 heavy (non-hydrogen) atoms. The molecule has 0 fully saturated rings. The second kappa shape index (κ2) is 6.92. The molecule has 0 spiro atoms. The van der Waals surface area contributed by atoms with Crippen LogP contribution in [0.4, 0.5) is 11.4 Å². The largest absolute Gasteiger partial charge is 0.375 e. The van der Waals surface area contributed by atoms with Crippen LogP contribution in [-0.2, 0) is 16.4 Å². The van der Waals surface area contributed by atoms with Crippen LogP contribution in [0.2, 0.25) is 0 Å². The number of aromatic nitrogens is 3. The lowest BCUT2D eigenvalue weighted by Gasteiger charge is -2.09. The van der Waals surface area contributed by atoms with Gasteiger partial charge in [0.2, 0.25) is 0 Å². The van der Waals surface area contributed by atoms with Gasteiger partial charge in [0, 0.05) is 37.5 Å². The van der Waals surface area contributed by atoms with E-state index in [9.17, 15) is 18.5 Å². The molecule has 0 aliphatic heterocycles. The summed E-state index contributed by atoms with van der Waals surface area (Å²) in [7, 11) is -3.52. The van der Waals surface area contributed by atoms with E-state index in [2.05, 4.69) is 15.3 Å². The summed E-state index contributed by atoms with van der Waals surface area (Å²) in [5, 5.41) is 14.2. The van der Waals surface area contributed by atoms with E-state index in [4.69, 9.17) is 0 Å². The Morgan fingerprint density at radius 1 is 1.27 bits per heavy atom. The number of hydrogen-bond donors (Lipinski definition) is 1. The van der Waals surface area contributed by atoms with E-state index in [1.165, 1.54) is 12.1 Å². The van der Waals surface area contributed by atoms with Crippen LogP contribution >= 0.6 is 0 Å². The summed E-state index contributed by atoms with van der Waals surface area (Å²) >= 11 is 0. The Labute approximate surface area is 149 Å². The van der Waals surface area contributed by atoms with Crippen molar-refractivity contribution in [3.05, 3.63) is 70.9 Å². The molecule has 0 saturated heterocycles. The summed E-state index contributed by atoms with van der Waals surface area (Å²) in [6.07, 6.45) is 7.71. The van der Waals surface area contributed by atoms with Crippen LogP contribution < -0.4 is 5.32 Å². The highest BCUT2D eigenvalue weighted by atomic mass is 32.2. The molecule has 0 radical (unpaired) electrons. The minimum atomic E-state index is -3.52. The lowest BCUT2D eigenvalue weighted by atomic mass is 10.2. The van der Waals surface area contributed by atoms with E-state index >= 15 is 0 Å². The first-order valence-corrected chi connectivity index (χ1v) is 9.39. The Kier molecular flexibility index (Phi) is 4.67. The van der Waals surface area contributed by atoms with E-state index in [1.54, 1.807) is 35.6 Å². The normalized spacial score (nSPS) is 11.3. The molecule has 3 aromatic rings. The third kappa shape index (κ3) is 3.86. The average molecular weight is 373 g/mol. The van der Waals surface area contributed by atoms with E-state index in [0.29, 0.717) is 12.4 Å².